The van der Waals surface area contributed by atoms with Crippen molar-refractivity contribution in [2.24, 2.45) is 5.73 Å². The minimum Gasteiger partial charge on any atom is -0.328 e. The molecule has 0 aromatic heterocycles. The highest BCUT2D eigenvalue weighted by Crippen LogP contribution is 2.25. The number of rotatable bonds is 2. The lowest BCUT2D eigenvalue weighted by atomic mass is 9.93. The second-order valence-electron chi connectivity index (χ2n) is 3.68. The Balaban J connectivity index is 2.56. The Morgan fingerprint density at radius 2 is 1.60 bits per heavy atom. The van der Waals surface area contributed by atoms with Crippen molar-refractivity contribution < 1.29 is 21.6 Å². The summed E-state index contributed by atoms with van der Waals surface area (Å²) in [7, 11) is -5.21. The highest BCUT2D eigenvalue weighted by Gasteiger charge is 2.46. The normalized spacial score (nSPS) is 29.1. The van der Waals surface area contributed by atoms with Crippen molar-refractivity contribution in [3.8, 4) is 0 Å². The SMILES string of the molecule is NC1CCC(NS(=O)(=O)C(F)(F)F)CC1. The number of nitrogens with one attached hydrogen (secondary N) is 1. The smallest absolute Gasteiger partial charge is 0.328 e. The average molecular weight is 246 g/mol. The van der Waals surface area contributed by atoms with E-state index >= 15 is 0 Å². The molecule has 0 heterocycles. The van der Waals surface area contributed by atoms with Crippen molar-refractivity contribution >= 4 is 10.0 Å². The zero-order chi connectivity index (χ0) is 11.7. The molecule has 8 heteroatoms. The van der Waals surface area contributed by atoms with Crippen LogP contribution in [0.2, 0.25) is 0 Å². The molecular weight excluding hydrogens is 233 g/mol. The molecule has 0 saturated heterocycles. The molecule has 1 aliphatic carbocycles. The van der Waals surface area contributed by atoms with E-state index in [9.17, 15) is 21.6 Å². The molecule has 0 aromatic carbocycles. The zero-order valence-corrected chi connectivity index (χ0v) is 8.74. The Morgan fingerprint density at radius 3 is 2.00 bits per heavy atom. The van der Waals surface area contributed by atoms with Crippen LogP contribution >= 0.6 is 0 Å². The van der Waals surface area contributed by atoms with Crippen molar-refractivity contribution in [2.75, 3.05) is 0 Å². The van der Waals surface area contributed by atoms with Crippen LogP contribution < -0.4 is 10.5 Å². The summed E-state index contributed by atoms with van der Waals surface area (Å²) in [6, 6.07) is -0.673. The maximum atomic E-state index is 12.0. The molecule has 0 spiro atoms. The van der Waals surface area contributed by atoms with Crippen LogP contribution in [0, 0.1) is 0 Å². The molecule has 90 valence electrons. The third-order valence-corrected chi connectivity index (χ3v) is 3.65. The minimum atomic E-state index is -5.23. The first-order valence-corrected chi connectivity index (χ1v) is 6.05. The molecule has 1 fully saturated rings. The molecule has 0 bridgehead atoms. The molecule has 1 saturated carbocycles. The monoisotopic (exact) mass is 246 g/mol. The Labute approximate surface area is 86.1 Å². The first-order valence-electron chi connectivity index (χ1n) is 4.56. The van der Waals surface area contributed by atoms with Crippen molar-refractivity contribution in [1.82, 2.24) is 4.72 Å². The Kier molecular flexibility index (Phi) is 3.62. The lowest BCUT2D eigenvalue weighted by Gasteiger charge is -2.26. The first kappa shape index (κ1) is 12.7. The fourth-order valence-corrected chi connectivity index (χ4v) is 2.33. The van der Waals surface area contributed by atoms with Gasteiger partial charge in [0.05, 0.1) is 0 Å². The molecule has 1 rings (SSSR count). The van der Waals surface area contributed by atoms with Gasteiger partial charge in [-0.15, -0.1) is 0 Å². The van der Waals surface area contributed by atoms with Gasteiger partial charge in [-0.3, -0.25) is 0 Å². The highest BCUT2D eigenvalue weighted by atomic mass is 32.2. The molecule has 0 radical (unpaired) electrons. The van der Waals surface area contributed by atoms with E-state index in [2.05, 4.69) is 0 Å². The molecule has 0 aliphatic heterocycles. The number of alkyl halides is 3. The molecule has 0 aromatic rings. The van der Waals surface area contributed by atoms with Gasteiger partial charge in [0.1, 0.15) is 0 Å². The second kappa shape index (κ2) is 4.26. The Hall–Kier alpha value is -0.340. The van der Waals surface area contributed by atoms with Crippen LogP contribution in [0.25, 0.3) is 0 Å². The fourth-order valence-electron chi connectivity index (χ4n) is 1.52. The van der Waals surface area contributed by atoms with Gasteiger partial charge in [0.15, 0.2) is 0 Å². The highest BCUT2D eigenvalue weighted by molar-refractivity contribution is 7.90. The first-order chi connectivity index (χ1) is 6.72. The van der Waals surface area contributed by atoms with Gasteiger partial charge in [0.25, 0.3) is 0 Å². The van der Waals surface area contributed by atoms with E-state index in [1.54, 1.807) is 4.72 Å². The summed E-state index contributed by atoms with van der Waals surface area (Å²) in [5, 5.41) is 0. The standard InChI is InChI=1S/C7H13F3N2O2S/c8-7(9,10)15(13,14)12-6-3-1-5(11)2-4-6/h5-6,12H,1-4,11H2. The number of hydrogen-bond donors (Lipinski definition) is 2. The summed E-state index contributed by atoms with van der Waals surface area (Å²) in [5.41, 5.74) is 0.317. The molecule has 4 nitrogen and oxygen atoms in total. The van der Waals surface area contributed by atoms with Gasteiger partial charge >= 0.3 is 15.5 Å². The van der Waals surface area contributed by atoms with E-state index < -0.39 is 21.6 Å². The molecule has 0 atom stereocenters. The maximum Gasteiger partial charge on any atom is 0.511 e. The summed E-state index contributed by atoms with van der Waals surface area (Å²) < 4.78 is 59.1. The van der Waals surface area contributed by atoms with Crippen LogP contribution in [0.3, 0.4) is 0 Å². The Morgan fingerprint density at radius 1 is 1.13 bits per heavy atom. The van der Waals surface area contributed by atoms with Gasteiger partial charge in [0.2, 0.25) is 0 Å². The van der Waals surface area contributed by atoms with E-state index in [-0.39, 0.29) is 6.04 Å². The summed E-state index contributed by atoms with van der Waals surface area (Å²) in [4.78, 5) is 0. The molecule has 15 heavy (non-hydrogen) atoms. The summed E-state index contributed by atoms with van der Waals surface area (Å²) >= 11 is 0. The summed E-state index contributed by atoms with van der Waals surface area (Å²) in [5.74, 6) is 0. The van der Waals surface area contributed by atoms with Gasteiger partial charge in [0, 0.05) is 12.1 Å². The van der Waals surface area contributed by atoms with Gasteiger partial charge in [-0.25, -0.2) is 13.1 Å². The maximum absolute atomic E-state index is 12.0. The molecule has 0 unspecified atom stereocenters. The fraction of sp³-hybridized carbons (Fsp3) is 1.00. The lowest BCUT2D eigenvalue weighted by Crippen LogP contribution is -2.45. The number of nitrogens with two attached hydrogens (primary N) is 1. The quantitative estimate of drug-likeness (QED) is 0.753. The second-order valence-corrected chi connectivity index (χ2v) is 5.38. The van der Waals surface area contributed by atoms with Crippen LogP contribution in [0.15, 0.2) is 0 Å². The van der Waals surface area contributed by atoms with Crippen molar-refractivity contribution in [3.63, 3.8) is 0 Å². The number of sulfonamides is 1. The zero-order valence-electron chi connectivity index (χ0n) is 7.92. The third kappa shape index (κ3) is 3.32. The van der Waals surface area contributed by atoms with Crippen molar-refractivity contribution in [3.05, 3.63) is 0 Å². The van der Waals surface area contributed by atoms with Crippen LogP contribution in [0.5, 0.6) is 0 Å². The minimum absolute atomic E-state index is 0.0309. The topological polar surface area (TPSA) is 72.2 Å². The largest absolute Gasteiger partial charge is 0.511 e. The van der Waals surface area contributed by atoms with E-state index in [1.165, 1.54) is 0 Å². The van der Waals surface area contributed by atoms with Gasteiger partial charge < -0.3 is 5.73 Å². The van der Waals surface area contributed by atoms with Gasteiger partial charge in [-0.2, -0.15) is 13.2 Å². The third-order valence-electron chi connectivity index (χ3n) is 2.40. The number of hydrogen-bond acceptors (Lipinski definition) is 3. The predicted octanol–water partition coefficient (Wildman–Crippen LogP) is 0.695. The van der Waals surface area contributed by atoms with E-state index in [4.69, 9.17) is 5.73 Å². The summed E-state index contributed by atoms with van der Waals surface area (Å²) in [6.07, 6.45) is 1.81. The molecule has 1 aliphatic rings. The predicted molar refractivity (Wildman–Crippen MR) is 48.3 cm³/mol. The van der Waals surface area contributed by atoms with Crippen LogP contribution in [0.4, 0.5) is 13.2 Å². The van der Waals surface area contributed by atoms with Crippen molar-refractivity contribution in [2.45, 2.75) is 43.3 Å². The van der Waals surface area contributed by atoms with Crippen LogP contribution in [0.1, 0.15) is 25.7 Å². The van der Waals surface area contributed by atoms with Crippen LogP contribution in [-0.2, 0) is 10.0 Å². The van der Waals surface area contributed by atoms with E-state index in [0.29, 0.717) is 25.7 Å². The van der Waals surface area contributed by atoms with Crippen LogP contribution in [-0.4, -0.2) is 26.0 Å². The Bertz CT molecular complexity index is 307. The molecule has 3 N–H and O–H groups in total. The number of halogens is 3. The molecule has 0 amide bonds. The lowest BCUT2D eigenvalue weighted by molar-refractivity contribution is -0.0452. The van der Waals surface area contributed by atoms with E-state index in [1.807, 2.05) is 0 Å². The average Bonchev–Trinajstić information content (AvgIpc) is 2.06. The van der Waals surface area contributed by atoms with E-state index in [0.717, 1.165) is 0 Å². The van der Waals surface area contributed by atoms with Gasteiger partial charge in [-0.05, 0) is 25.7 Å². The van der Waals surface area contributed by atoms with Crippen molar-refractivity contribution in [1.29, 1.82) is 0 Å². The summed E-state index contributed by atoms with van der Waals surface area (Å²) in [6.45, 7) is 0. The molecular formula is C7H13F3N2O2S. The van der Waals surface area contributed by atoms with Gasteiger partial charge in [-0.1, -0.05) is 0 Å².